The molecule has 1 fully saturated rings. The zero-order valence-electron chi connectivity index (χ0n) is 7.20. The summed E-state index contributed by atoms with van der Waals surface area (Å²) in [6.45, 7) is 4.10. The lowest BCUT2D eigenvalue weighted by atomic mass is 10.3. The molecule has 0 aromatic heterocycles. The Bertz CT molecular complexity index is 202. The second kappa shape index (κ2) is 3.94. The maximum absolute atomic E-state index is 11.0. The average Bonchev–Trinajstić information content (AvgIpc) is 2.30. The molecule has 0 amide bonds. The van der Waals surface area contributed by atoms with E-state index in [2.05, 4.69) is 11.7 Å². The standard InChI is InChI=1S/C8H12O3S/c1-3-5(2)12-6-4-7(9)11-8(6)10/h5-6H,3-4H2,1-2H3. The first kappa shape index (κ1) is 9.58. The number of ether oxygens (including phenoxy) is 1. The third-order valence-corrected chi connectivity index (χ3v) is 3.29. The Morgan fingerprint density at radius 1 is 1.67 bits per heavy atom. The molecule has 0 aromatic carbocycles. The molecule has 1 rings (SSSR count). The summed E-state index contributed by atoms with van der Waals surface area (Å²) in [5, 5.41) is 0.154. The largest absolute Gasteiger partial charge is 0.392 e. The summed E-state index contributed by atoms with van der Waals surface area (Å²) < 4.78 is 4.42. The van der Waals surface area contributed by atoms with Gasteiger partial charge in [0.15, 0.2) is 0 Å². The average molecular weight is 188 g/mol. The normalized spacial score (nSPS) is 25.7. The fraction of sp³-hybridized carbons (Fsp3) is 0.750. The van der Waals surface area contributed by atoms with E-state index in [0.717, 1.165) is 6.42 Å². The van der Waals surface area contributed by atoms with Crippen molar-refractivity contribution in [3.8, 4) is 0 Å². The molecule has 1 aliphatic heterocycles. The number of esters is 2. The maximum Gasteiger partial charge on any atom is 0.327 e. The molecule has 2 atom stereocenters. The Morgan fingerprint density at radius 2 is 2.33 bits per heavy atom. The lowest BCUT2D eigenvalue weighted by molar-refractivity contribution is -0.151. The summed E-state index contributed by atoms with van der Waals surface area (Å²) in [6, 6.07) is 0. The number of rotatable bonds is 3. The van der Waals surface area contributed by atoms with Gasteiger partial charge in [0.25, 0.3) is 0 Å². The predicted molar refractivity (Wildman–Crippen MR) is 46.8 cm³/mol. The Hall–Kier alpha value is -0.510. The number of thioether (sulfide) groups is 1. The number of cyclic esters (lactones) is 2. The molecule has 1 aliphatic rings. The molecule has 68 valence electrons. The van der Waals surface area contributed by atoms with E-state index in [0.29, 0.717) is 5.25 Å². The van der Waals surface area contributed by atoms with Crippen LogP contribution in [0.25, 0.3) is 0 Å². The first-order valence-electron chi connectivity index (χ1n) is 4.03. The van der Waals surface area contributed by atoms with Crippen LogP contribution in [0.1, 0.15) is 26.7 Å². The fourth-order valence-corrected chi connectivity index (χ4v) is 2.08. The second-order valence-corrected chi connectivity index (χ2v) is 4.49. The Kier molecular flexibility index (Phi) is 3.14. The SMILES string of the molecule is CCC(C)SC1CC(=O)OC1=O. The lowest BCUT2D eigenvalue weighted by Gasteiger charge is -2.09. The molecule has 0 bridgehead atoms. The van der Waals surface area contributed by atoms with E-state index in [1.54, 1.807) is 0 Å². The van der Waals surface area contributed by atoms with Crippen LogP contribution in [0.2, 0.25) is 0 Å². The fourth-order valence-electron chi connectivity index (χ4n) is 0.935. The molecule has 0 saturated carbocycles. The molecule has 1 heterocycles. The number of carbonyl (C=O) groups is 2. The van der Waals surface area contributed by atoms with Crippen molar-refractivity contribution in [1.82, 2.24) is 0 Å². The van der Waals surface area contributed by atoms with E-state index in [9.17, 15) is 9.59 Å². The molecule has 0 radical (unpaired) electrons. The Morgan fingerprint density at radius 3 is 2.75 bits per heavy atom. The summed E-state index contributed by atoms with van der Waals surface area (Å²) >= 11 is 1.52. The van der Waals surface area contributed by atoms with E-state index in [-0.39, 0.29) is 23.6 Å². The third-order valence-electron chi connectivity index (χ3n) is 1.80. The van der Waals surface area contributed by atoms with Crippen LogP contribution in [0.5, 0.6) is 0 Å². The van der Waals surface area contributed by atoms with Gasteiger partial charge in [-0.15, -0.1) is 11.8 Å². The van der Waals surface area contributed by atoms with Crippen molar-refractivity contribution in [2.75, 3.05) is 0 Å². The number of carbonyl (C=O) groups excluding carboxylic acids is 2. The van der Waals surface area contributed by atoms with Gasteiger partial charge in [0.2, 0.25) is 0 Å². The van der Waals surface area contributed by atoms with Gasteiger partial charge in [-0.3, -0.25) is 9.59 Å². The maximum atomic E-state index is 11.0. The van der Waals surface area contributed by atoms with E-state index in [1.807, 2.05) is 6.92 Å². The molecule has 12 heavy (non-hydrogen) atoms. The monoisotopic (exact) mass is 188 g/mol. The van der Waals surface area contributed by atoms with Crippen LogP contribution in [-0.2, 0) is 14.3 Å². The van der Waals surface area contributed by atoms with E-state index in [4.69, 9.17) is 0 Å². The topological polar surface area (TPSA) is 43.4 Å². The highest BCUT2D eigenvalue weighted by Gasteiger charge is 2.34. The van der Waals surface area contributed by atoms with E-state index < -0.39 is 0 Å². The van der Waals surface area contributed by atoms with Crippen molar-refractivity contribution in [3.05, 3.63) is 0 Å². The highest BCUT2D eigenvalue weighted by atomic mass is 32.2. The zero-order valence-corrected chi connectivity index (χ0v) is 8.02. The highest BCUT2D eigenvalue weighted by Crippen LogP contribution is 2.27. The molecule has 0 N–H and O–H groups in total. The Labute approximate surface area is 75.8 Å². The molecule has 2 unspecified atom stereocenters. The van der Waals surface area contributed by atoms with Gasteiger partial charge < -0.3 is 4.74 Å². The summed E-state index contributed by atoms with van der Waals surface area (Å²) in [5.74, 6) is -0.758. The molecular weight excluding hydrogens is 176 g/mol. The number of hydrogen-bond donors (Lipinski definition) is 0. The van der Waals surface area contributed by atoms with Crippen molar-refractivity contribution in [1.29, 1.82) is 0 Å². The van der Waals surface area contributed by atoms with Crippen LogP contribution in [0, 0.1) is 0 Å². The molecule has 0 aliphatic carbocycles. The summed E-state index contributed by atoms with van der Waals surface area (Å²) in [5.41, 5.74) is 0. The third kappa shape index (κ3) is 2.24. The van der Waals surface area contributed by atoms with Gasteiger partial charge >= 0.3 is 11.9 Å². The van der Waals surface area contributed by atoms with Gasteiger partial charge in [-0.1, -0.05) is 13.8 Å². The summed E-state index contributed by atoms with van der Waals surface area (Å²) in [7, 11) is 0. The van der Waals surface area contributed by atoms with Gasteiger partial charge in [-0.25, -0.2) is 0 Å². The van der Waals surface area contributed by atoms with Crippen LogP contribution in [-0.4, -0.2) is 22.4 Å². The van der Waals surface area contributed by atoms with Crippen LogP contribution in [0.15, 0.2) is 0 Å². The minimum Gasteiger partial charge on any atom is -0.392 e. The molecule has 3 nitrogen and oxygen atoms in total. The van der Waals surface area contributed by atoms with Crippen LogP contribution >= 0.6 is 11.8 Å². The molecule has 0 spiro atoms. The minimum atomic E-state index is -0.388. The van der Waals surface area contributed by atoms with Crippen molar-refractivity contribution in [3.63, 3.8) is 0 Å². The Balaban J connectivity index is 2.43. The van der Waals surface area contributed by atoms with Crippen LogP contribution < -0.4 is 0 Å². The molecule has 1 saturated heterocycles. The number of hydrogen-bond acceptors (Lipinski definition) is 4. The summed E-state index contributed by atoms with van der Waals surface area (Å²) in [4.78, 5) is 21.6. The van der Waals surface area contributed by atoms with Crippen LogP contribution in [0.4, 0.5) is 0 Å². The smallest absolute Gasteiger partial charge is 0.327 e. The molecule has 0 aromatic rings. The van der Waals surface area contributed by atoms with Gasteiger partial charge in [0.1, 0.15) is 5.25 Å². The van der Waals surface area contributed by atoms with Gasteiger partial charge in [-0.05, 0) is 6.42 Å². The molecule has 4 heteroatoms. The van der Waals surface area contributed by atoms with Crippen molar-refractivity contribution in [2.24, 2.45) is 0 Å². The quantitative estimate of drug-likeness (QED) is 0.495. The summed E-state index contributed by atoms with van der Waals surface area (Å²) in [6.07, 6.45) is 1.25. The first-order valence-corrected chi connectivity index (χ1v) is 4.97. The van der Waals surface area contributed by atoms with Gasteiger partial charge in [0.05, 0.1) is 6.42 Å². The second-order valence-electron chi connectivity index (χ2n) is 2.84. The minimum absolute atomic E-state index is 0.244. The molecular formula is C8H12O3S. The predicted octanol–water partition coefficient (Wildman–Crippen LogP) is 1.36. The lowest BCUT2D eigenvalue weighted by Crippen LogP contribution is -2.13. The van der Waals surface area contributed by atoms with Crippen LogP contribution in [0.3, 0.4) is 0 Å². The van der Waals surface area contributed by atoms with Gasteiger partial charge in [0, 0.05) is 5.25 Å². The van der Waals surface area contributed by atoms with Crippen molar-refractivity contribution < 1.29 is 14.3 Å². The van der Waals surface area contributed by atoms with Gasteiger partial charge in [-0.2, -0.15) is 0 Å². The highest BCUT2D eigenvalue weighted by molar-refractivity contribution is 8.01. The first-order chi connectivity index (χ1) is 5.63. The zero-order chi connectivity index (χ0) is 9.14. The van der Waals surface area contributed by atoms with E-state index in [1.165, 1.54) is 11.8 Å². The van der Waals surface area contributed by atoms with E-state index >= 15 is 0 Å². The van der Waals surface area contributed by atoms with Crippen molar-refractivity contribution >= 4 is 23.7 Å². The van der Waals surface area contributed by atoms with Crippen molar-refractivity contribution in [2.45, 2.75) is 37.2 Å².